The highest BCUT2D eigenvalue weighted by atomic mass is 16.6. The van der Waals surface area contributed by atoms with Gasteiger partial charge in [-0.25, -0.2) is 4.79 Å². The maximum Gasteiger partial charge on any atom is 0.410 e. The Balaban J connectivity index is 1.47. The van der Waals surface area contributed by atoms with Crippen LogP contribution >= 0.6 is 0 Å². The molecule has 0 spiro atoms. The van der Waals surface area contributed by atoms with Crippen molar-refractivity contribution >= 4 is 47.1 Å². The molecule has 44 heavy (non-hydrogen) atoms. The Morgan fingerprint density at radius 1 is 1.09 bits per heavy atom. The van der Waals surface area contributed by atoms with E-state index in [1.165, 1.54) is 6.08 Å². The minimum Gasteiger partial charge on any atom is -0.495 e. The molecule has 1 aliphatic heterocycles. The molecule has 2 aromatic rings. The third kappa shape index (κ3) is 8.25. The highest BCUT2D eigenvalue weighted by Gasteiger charge is 2.26. The van der Waals surface area contributed by atoms with Gasteiger partial charge < -0.3 is 29.9 Å². The predicted molar refractivity (Wildman–Crippen MR) is 179 cm³/mol. The molecule has 1 fully saturated rings. The topological polar surface area (TPSA) is 108 Å². The maximum absolute atomic E-state index is 12.4. The first-order valence-electron chi connectivity index (χ1n) is 14.4. The van der Waals surface area contributed by atoms with Crippen LogP contribution in [0.4, 0.5) is 21.9 Å². The normalized spacial score (nSPS) is 16.8. The molecule has 1 heterocycles. The highest BCUT2D eigenvalue weighted by molar-refractivity contribution is 6.34. The summed E-state index contributed by atoms with van der Waals surface area (Å²) in [5.74, 6) is 0.406. The van der Waals surface area contributed by atoms with Crippen molar-refractivity contribution in [2.24, 2.45) is 9.98 Å². The highest BCUT2D eigenvalue weighted by Crippen LogP contribution is 2.31. The third-order valence-electron chi connectivity index (χ3n) is 6.91. The molecular weight excluding hydrogens is 556 g/mol. The lowest BCUT2D eigenvalue weighted by Crippen LogP contribution is -2.50. The molecule has 1 aliphatic carbocycles. The zero-order chi connectivity index (χ0) is 31.7. The molecule has 0 aromatic heterocycles. The van der Waals surface area contributed by atoms with E-state index in [1.54, 1.807) is 18.2 Å². The van der Waals surface area contributed by atoms with Gasteiger partial charge >= 0.3 is 6.09 Å². The number of nitrogens with zero attached hydrogens (tertiary/aromatic N) is 4. The van der Waals surface area contributed by atoms with Gasteiger partial charge in [-0.1, -0.05) is 36.9 Å². The number of rotatable bonds is 9. The lowest BCUT2D eigenvalue weighted by Gasteiger charge is -2.37. The van der Waals surface area contributed by atoms with Crippen molar-refractivity contribution in [3.8, 4) is 5.75 Å². The zero-order valence-electron chi connectivity index (χ0n) is 25.8. The molecule has 0 saturated carbocycles. The largest absolute Gasteiger partial charge is 0.495 e. The van der Waals surface area contributed by atoms with E-state index in [0.29, 0.717) is 37.6 Å². The number of ether oxygens (including phenoxy) is 2. The number of aliphatic imine (C=N–C) groups is 2. The number of piperazine rings is 1. The fourth-order valence-corrected chi connectivity index (χ4v) is 4.83. The molecule has 230 valence electrons. The Labute approximate surface area is 259 Å². The van der Waals surface area contributed by atoms with E-state index in [4.69, 9.17) is 14.5 Å². The van der Waals surface area contributed by atoms with Gasteiger partial charge in [-0.3, -0.25) is 14.8 Å². The Morgan fingerprint density at radius 2 is 1.86 bits per heavy atom. The average molecular weight is 597 g/mol. The Kier molecular flexibility index (Phi) is 10.4. The molecule has 4 rings (SSSR count). The molecule has 10 nitrogen and oxygen atoms in total. The van der Waals surface area contributed by atoms with E-state index in [1.807, 2.05) is 81.5 Å². The van der Waals surface area contributed by atoms with Crippen LogP contribution in [0.15, 0.2) is 95.1 Å². The SMILES string of the molecule is C=CC(=O)Nc1cccc(C2=CC=CC(=C/N=C)/C2=N\CNc2ccc(N3CCN(C(=O)OC(C)(C)C)CC3)cc2OC)c1. The van der Waals surface area contributed by atoms with E-state index in [-0.39, 0.29) is 18.7 Å². The minimum atomic E-state index is -0.517. The number of carbonyl (C=O) groups excluding carboxylic acids is 2. The van der Waals surface area contributed by atoms with Gasteiger partial charge in [0, 0.05) is 61.0 Å². The van der Waals surface area contributed by atoms with Crippen molar-refractivity contribution in [2.75, 3.05) is 55.5 Å². The second-order valence-corrected chi connectivity index (χ2v) is 11.2. The number of anilines is 3. The van der Waals surface area contributed by atoms with E-state index < -0.39 is 5.60 Å². The monoisotopic (exact) mass is 596 g/mol. The molecule has 0 unspecified atom stereocenters. The second kappa shape index (κ2) is 14.4. The molecule has 2 amide bonds. The number of benzene rings is 2. The number of hydrogen-bond donors (Lipinski definition) is 2. The van der Waals surface area contributed by atoms with Crippen molar-refractivity contribution in [1.82, 2.24) is 4.90 Å². The smallest absolute Gasteiger partial charge is 0.410 e. The Bertz CT molecular complexity index is 1520. The van der Waals surface area contributed by atoms with Crippen LogP contribution in [-0.4, -0.2) is 74.9 Å². The molecule has 1 saturated heterocycles. The molecule has 0 radical (unpaired) electrons. The lowest BCUT2D eigenvalue weighted by atomic mass is 9.92. The number of hydrogen-bond acceptors (Lipinski definition) is 8. The summed E-state index contributed by atoms with van der Waals surface area (Å²) in [6.07, 6.45) is 8.46. The predicted octanol–water partition coefficient (Wildman–Crippen LogP) is 5.93. The Morgan fingerprint density at radius 3 is 2.55 bits per heavy atom. The third-order valence-corrected chi connectivity index (χ3v) is 6.91. The molecule has 2 aromatic carbocycles. The van der Waals surface area contributed by atoms with Crippen molar-refractivity contribution in [2.45, 2.75) is 26.4 Å². The van der Waals surface area contributed by atoms with Gasteiger partial charge in [0.1, 0.15) is 18.0 Å². The van der Waals surface area contributed by atoms with Gasteiger partial charge in [-0.2, -0.15) is 0 Å². The van der Waals surface area contributed by atoms with Gasteiger partial charge in [-0.05, 0) is 63.4 Å². The molecule has 10 heteroatoms. The number of carbonyl (C=O) groups is 2. The van der Waals surface area contributed by atoms with Crippen LogP contribution < -0.4 is 20.3 Å². The van der Waals surface area contributed by atoms with Crippen LogP contribution in [0.2, 0.25) is 0 Å². The standard InChI is InChI=1S/C34H40N6O4/c1-7-31(41)38-26-12-8-10-24(20-26)28-13-9-11-25(22-35-5)32(28)37-23-36-29-15-14-27(21-30(29)43-6)39-16-18-40(19-17-39)33(42)44-34(2,3)4/h7-15,20-22,36H,1,5,16-19,23H2,2-4,6H3,(H,38,41)/b25-22-,37-32+. The van der Waals surface area contributed by atoms with Crippen molar-refractivity contribution in [3.05, 3.63) is 90.7 Å². The van der Waals surface area contributed by atoms with E-state index >= 15 is 0 Å². The van der Waals surface area contributed by atoms with E-state index in [0.717, 1.165) is 33.8 Å². The van der Waals surface area contributed by atoms with Crippen molar-refractivity contribution < 1.29 is 19.1 Å². The maximum atomic E-state index is 12.4. The summed E-state index contributed by atoms with van der Waals surface area (Å²) in [4.78, 5) is 37.1. The Hall–Kier alpha value is -5.12. The van der Waals surface area contributed by atoms with Crippen LogP contribution in [-0.2, 0) is 9.53 Å². The number of allylic oxidation sites excluding steroid dienone is 5. The van der Waals surface area contributed by atoms with Crippen LogP contribution in [0.3, 0.4) is 0 Å². The van der Waals surface area contributed by atoms with Crippen molar-refractivity contribution in [3.63, 3.8) is 0 Å². The van der Waals surface area contributed by atoms with Crippen LogP contribution in [0.5, 0.6) is 5.75 Å². The van der Waals surface area contributed by atoms with E-state index in [9.17, 15) is 9.59 Å². The summed E-state index contributed by atoms with van der Waals surface area (Å²) in [6.45, 7) is 15.6. The number of amides is 2. The van der Waals surface area contributed by atoms with Crippen LogP contribution in [0.25, 0.3) is 5.57 Å². The first-order valence-corrected chi connectivity index (χ1v) is 14.4. The number of nitrogens with one attached hydrogen (secondary N) is 2. The summed E-state index contributed by atoms with van der Waals surface area (Å²) in [7, 11) is 1.64. The lowest BCUT2D eigenvalue weighted by molar-refractivity contribution is -0.111. The summed E-state index contributed by atoms with van der Waals surface area (Å²) < 4.78 is 11.2. The summed E-state index contributed by atoms with van der Waals surface area (Å²) in [6, 6.07) is 13.5. The quantitative estimate of drug-likeness (QED) is 0.275. The second-order valence-electron chi connectivity index (χ2n) is 11.2. The molecule has 2 aliphatic rings. The molecule has 2 N–H and O–H groups in total. The first-order chi connectivity index (χ1) is 21.1. The van der Waals surface area contributed by atoms with Gasteiger partial charge in [0.05, 0.1) is 18.5 Å². The number of methoxy groups -OCH3 is 1. The van der Waals surface area contributed by atoms with Gasteiger partial charge in [0.25, 0.3) is 0 Å². The van der Waals surface area contributed by atoms with Crippen LogP contribution in [0.1, 0.15) is 26.3 Å². The first kappa shape index (κ1) is 31.8. The molecular formula is C34H40N6O4. The fourth-order valence-electron chi connectivity index (χ4n) is 4.83. The molecule has 0 bridgehead atoms. The van der Waals surface area contributed by atoms with Crippen LogP contribution in [0, 0.1) is 0 Å². The average Bonchev–Trinajstić information content (AvgIpc) is 3.01. The zero-order valence-corrected chi connectivity index (χ0v) is 25.8. The van der Waals surface area contributed by atoms with Gasteiger partial charge in [0.15, 0.2) is 0 Å². The van der Waals surface area contributed by atoms with E-state index in [2.05, 4.69) is 33.8 Å². The summed E-state index contributed by atoms with van der Waals surface area (Å²) in [5.41, 5.74) is 5.26. The minimum absolute atomic E-state index is 0.270. The summed E-state index contributed by atoms with van der Waals surface area (Å²) >= 11 is 0. The van der Waals surface area contributed by atoms with Crippen molar-refractivity contribution in [1.29, 1.82) is 0 Å². The molecule has 0 atom stereocenters. The van der Waals surface area contributed by atoms with Gasteiger partial charge in [0.2, 0.25) is 5.91 Å². The summed E-state index contributed by atoms with van der Waals surface area (Å²) in [5, 5.41) is 6.18. The fraction of sp³-hybridized carbons (Fsp3) is 0.294. The van der Waals surface area contributed by atoms with Gasteiger partial charge in [-0.15, -0.1) is 0 Å².